The fraction of sp³-hybridized carbons (Fsp3) is 0.500. The van der Waals surface area contributed by atoms with Gasteiger partial charge >= 0.3 is 0 Å². The molecule has 1 aliphatic heterocycles. The smallest absolute Gasteiger partial charge is 0.184 e. The molecule has 4 rings (SSSR count). The number of pyridine rings is 1. The fourth-order valence-electron chi connectivity index (χ4n) is 3.81. The fourth-order valence-corrected chi connectivity index (χ4v) is 3.81. The maximum absolute atomic E-state index is 12.8. The molecule has 0 radical (unpaired) electrons. The lowest BCUT2D eigenvalue weighted by molar-refractivity contribution is -0.118. The third-order valence-corrected chi connectivity index (χ3v) is 5.81. The van der Waals surface area contributed by atoms with Crippen LogP contribution in [0.5, 0.6) is 0 Å². The molecule has 2 heterocycles. The molecule has 5 nitrogen and oxygen atoms in total. The topological polar surface area (TPSA) is 66.4 Å². The quantitative estimate of drug-likeness (QED) is 0.780. The van der Waals surface area contributed by atoms with Gasteiger partial charge in [-0.05, 0) is 56.9 Å². The summed E-state index contributed by atoms with van der Waals surface area (Å²) in [6, 6.07) is 2.22. The predicted octanol–water partition coefficient (Wildman–Crippen LogP) is 3.17. The number of ketones is 1. The molecule has 2 N–H and O–H groups in total. The summed E-state index contributed by atoms with van der Waals surface area (Å²) in [6.07, 6.45) is 13.3. The third-order valence-electron chi connectivity index (χ3n) is 5.81. The number of aliphatic imine (C=N–C) groups is 1. The number of Topliss-reactive ketones (excluding diaryl/α,β-unsaturated/α-hetero) is 1. The third kappa shape index (κ3) is 3.88. The van der Waals surface area contributed by atoms with E-state index < -0.39 is 0 Å². The molecule has 0 amide bonds. The monoisotopic (exact) mass is 364 g/mol. The molecule has 0 saturated heterocycles. The zero-order valence-corrected chi connectivity index (χ0v) is 16.2. The second-order valence-electron chi connectivity index (χ2n) is 7.88. The van der Waals surface area contributed by atoms with Crippen molar-refractivity contribution < 1.29 is 4.79 Å². The van der Waals surface area contributed by atoms with Gasteiger partial charge in [0.15, 0.2) is 5.78 Å². The summed E-state index contributed by atoms with van der Waals surface area (Å²) in [7, 11) is 1.91. The predicted molar refractivity (Wildman–Crippen MR) is 108 cm³/mol. The minimum atomic E-state index is 0.00568. The van der Waals surface area contributed by atoms with Gasteiger partial charge in [0.05, 0.1) is 6.04 Å². The Bertz CT molecular complexity index is 816. The van der Waals surface area contributed by atoms with Gasteiger partial charge in [0.2, 0.25) is 0 Å². The maximum atomic E-state index is 12.8. The van der Waals surface area contributed by atoms with Gasteiger partial charge in [-0.25, -0.2) is 0 Å². The zero-order chi connectivity index (χ0) is 18.8. The molecule has 0 spiro atoms. The first-order chi connectivity index (χ1) is 13.2. The molecule has 0 bridgehead atoms. The number of aryl methyl sites for hydroxylation is 1. The molecule has 142 valence electrons. The van der Waals surface area contributed by atoms with E-state index in [0.717, 1.165) is 30.4 Å². The molecule has 1 aromatic rings. The number of aromatic nitrogens is 1. The van der Waals surface area contributed by atoms with Crippen LogP contribution in [-0.4, -0.2) is 29.6 Å². The van der Waals surface area contributed by atoms with Crippen LogP contribution < -0.4 is 10.6 Å². The van der Waals surface area contributed by atoms with Crippen molar-refractivity contribution in [1.29, 1.82) is 0 Å². The highest BCUT2D eigenvalue weighted by Gasteiger charge is 2.32. The summed E-state index contributed by atoms with van der Waals surface area (Å²) >= 11 is 0. The van der Waals surface area contributed by atoms with Crippen molar-refractivity contribution in [3.05, 3.63) is 53.1 Å². The van der Waals surface area contributed by atoms with Crippen molar-refractivity contribution in [2.45, 2.75) is 57.5 Å². The first kappa shape index (κ1) is 18.1. The number of nitrogens with one attached hydrogen (secondary N) is 2. The number of likely N-dealkylation sites (N-methyl/N-ethyl adjacent to an activating group) is 1. The van der Waals surface area contributed by atoms with Crippen molar-refractivity contribution in [3.63, 3.8) is 0 Å². The molecule has 2 aliphatic carbocycles. The summed E-state index contributed by atoms with van der Waals surface area (Å²) in [6.45, 7) is 2.83. The Morgan fingerprint density at radius 3 is 2.74 bits per heavy atom. The number of carbonyl (C=O) groups is 1. The Kier molecular flexibility index (Phi) is 5.21. The molecular formula is C22H28N4O. The van der Waals surface area contributed by atoms with Crippen LogP contribution in [0.25, 0.3) is 0 Å². The van der Waals surface area contributed by atoms with E-state index in [2.05, 4.69) is 33.6 Å². The van der Waals surface area contributed by atoms with E-state index in [-0.39, 0.29) is 17.7 Å². The van der Waals surface area contributed by atoms with Crippen LogP contribution in [0, 0.1) is 12.8 Å². The van der Waals surface area contributed by atoms with Crippen LogP contribution in [0.15, 0.2) is 41.3 Å². The Labute approximate surface area is 161 Å². The highest BCUT2D eigenvalue weighted by molar-refractivity contribution is 6.47. The van der Waals surface area contributed by atoms with E-state index in [1.54, 1.807) is 6.20 Å². The Morgan fingerprint density at radius 1 is 1.30 bits per heavy atom. The Hall–Kier alpha value is -2.27. The van der Waals surface area contributed by atoms with Crippen molar-refractivity contribution in [2.24, 2.45) is 10.9 Å². The highest BCUT2D eigenvalue weighted by atomic mass is 16.1. The first-order valence-corrected chi connectivity index (χ1v) is 10.0. The van der Waals surface area contributed by atoms with Gasteiger partial charge in [-0.3, -0.25) is 14.8 Å². The first-order valence-electron chi connectivity index (χ1n) is 10.0. The van der Waals surface area contributed by atoms with E-state index in [9.17, 15) is 4.79 Å². The molecule has 1 aromatic heterocycles. The number of carbonyl (C=O) groups excluding carboxylic acids is 1. The number of rotatable bonds is 7. The number of nitrogens with zero attached hydrogens (tertiary/aromatic N) is 2. The molecule has 0 aromatic carbocycles. The van der Waals surface area contributed by atoms with Gasteiger partial charge in [-0.1, -0.05) is 12.5 Å². The van der Waals surface area contributed by atoms with Crippen LogP contribution in [0.4, 0.5) is 0 Å². The van der Waals surface area contributed by atoms with Gasteiger partial charge in [0.25, 0.3) is 0 Å². The zero-order valence-electron chi connectivity index (χ0n) is 16.2. The van der Waals surface area contributed by atoms with E-state index in [0.29, 0.717) is 18.2 Å². The molecule has 2 fully saturated rings. The van der Waals surface area contributed by atoms with Gasteiger partial charge in [0, 0.05) is 48.2 Å². The summed E-state index contributed by atoms with van der Waals surface area (Å²) < 4.78 is 0. The average molecular weight is 364 g/mol. The average Bonchev–Trinajstić information content (AvgIpc) is 3.45. The lowest BCUT2D eigenvalue weighted by Gasteiger charge is -2.27. The normalized spacial score (nSPS) is 23.9. The summed E-state index contributed by atoms with van der Waals surface area (Å²) in [4.78, 5) is 21.8. The summed E-state index contributed by atoms with van der Waals surface area (Å²) in [5.74, 6) is 1.01. The highest BCUT2D eigenvalue weighted by Crippen LogP contribution is 2.40. The molecule has 3 aliphatic rings. The van der Waals surface area contributed by atoms with Gasteiger partial charge in [0.1, 0.15) is 5.71 Å². The standard InChI is InChI=1S/C22H28N4O/c1-14-10-15(12-26-20(14)16-6-7-16)11-24-13-18-19(23-2)8-9-25-21(18)22(27)17-4-3-5-17/h8-10,12-13,16-17,19,23-24H,3-7,11H2,1-2H3/b18-13+. The summed E-state index contributed by atoms with van der Waals surface area (Å²) in [5.41, 5.74) is 5.22. The molecule has 5 heteroatoms. The Balaban J connectivity index is 1.46. The van der Waals surface area contributed by atoms with E-state index in [4.69, 9.17) is 0 Å². The molecule has 2 saturated carbocycles. The largest absolute Gasteiger partial charge is 0.386 e. The van der Waals surface area contributed by atoms with Crippen molar-refractivity contribution in [3.8, 4) is 0 Å². The van der Waals surface area contributed by atoms with Gasteiger partial charge < -0.3 is 10.6 Å². The number of hydrogen-bond donors (Lipinski definition) is 2. The minimum absolute atomic E-state index is 0.00568. The molecule has 1 unspecified atom stereocenters. The maximum Gasteiger partial charge on any atom is 0.184 e. The Morgan fingerprint density at radius 2 is 2.11 bits per heavy atom. The van der Waals surface area contributed by atoms with Crippen molar-refractivity contribution in [1.82, 2.24) is 15.6 Å². The van der Waals surface area contributed by atoms with Gasteiger partial charge in [-0.15, -0.1) is 0 Å². The van der Waals surface area contributed by atoms with Crippen molar-refractivity contribution >= 4 is 11.5 Å². The second kappa shape index (κ2) is 7.77. The van der Waals surface area contributed by atoms with Gasteiger partial charge in [-0.2, -0.15) is 0 Å². The van der Waals surface area contributed by atoms with Crippen LogP contribution in [0.2, 0.25) is 0 Å². The van der Waals surface area contributed by atoms with Crippen LogP contribution in [0.3, 0.4) is 0 Å². The van der Waals surface area contributed by atoms with Crippen LogP contribution >= 0.6 is 0 Å². The minimum Gasteiger partial charge on any atom is -0.386 e. The van der Waals surface area contributed by atoms with E-state index in [1.165, 1.54) is 24.1 Å². The lowest BCUT2D eigenvalue weighted by atomic mass is 9.78. The molecule has 1 atom stereocenters. The van der Waals surface area contributed by atoms with Crippen LogP contribution in [0.1, 0.15) is 54.8 Å². The van der Waals surface area contributed by atoms with Crippen LogP contribution in [-0.2, 0) is 11.3 Å². The second-order valence-corrected chi connectivity index (χ2v) is 7.88. The van der Waals surface area contributed by atoms with E-state index in [1.807, 2.05) is 25.5 Å². The van der Waals surface area contributed by atoms with E-state index >= 15 is 0 Å². The SMILES string of the molecule is CNC1C=CN=C(C(=O)C2CCC2)/C1=C/NCc1cnc(C2CC2)c(C)c1. The molecular weight excluding hydrogens is 336 g/mol. The molecule has 27 heavy (non-hydrogen) atoms. The summed E-state index contributed by atoms with van der Waals surface area (Å²) in [5, 5.41) is 6.64. The lowest BCUT2D eigenvalue weighted by Crippen LogP contribution is -2.38. The number of hydrogen-bond acceptors (Lipinski definition) is 5. The van der Waals surface area contributed by atoms with Crippen molar-refractivity contribution in [2.75, 3.05) is 7.05 Å².